The molecule has 0 N–H and O–H groups in total. The van der Waals surface area contributed by atoms with E-state index in [1.165, 1.54) is 12.3 Å². The Kier molecular flexibility index (Phi) is 6.01. The molecule has 4 rings (SSSR count). The summed E-state index contributed by atoms with van der Waals surface area (Å²) in [4.78, 5) is 32.2. The first-order valence-electron chi connectivity index (χ1n) is 9.98. The number of halogens is 1. The molecule has 1 aromatic carbocycles. The van der Waals surface area contributed by atoms with Gasteiger partial charge >= 0.3 is 0 Å². The maximum absolute atomic E-state index is 13.7. The van der Waals surface area contributed by atoms with Gasteiger partial charge in [-0.25, -0.2) is 4.98 Å². The van der Waals surface area contributed by atoms with Crippen molar-refractivity contribution < 1.29 is 14.5 Å². The number of anilines is 1. The Balaban J connectivity index is 1.48. The topological polar surface area (TPSA) is 88.8 Å². The number of hydrogen-bond donors (Lipinski definition) is 0. The van der Waals surface area contributed by atoms with E-state index in [9.17, 15) is 14.9 Å². The summed E-state index contributed by atoms with van der Waals surface area (Å²) < 4.78 is 6.56. The van der Waals surface area contributed by atoms with E-state index in [2.05, 4.69) is 25.8 Å². The lowest BCUT2D eigenvalue weighted by atomic mass is 9.73. The standard InChI is InChI=1S/C21H23BrN4O4/c22-17-3-1-16(2-4-17)21(7-13-30-14-8-21)20(27)25-11-9-24(10-12-25)19-6-5-18(15-23-19)26(28)29/h1-6,15H,7-14H2. The van der Waals surface area contributed by atoms with Crippen LogP contribution in [-0.2, 0) is 14.9 Å². The summed E-state index contributed by atoms with van der Waals surface area (Å²) in [5.74, 6) is 0.853. The van der Waals surface area contributed by atoms with Gasteiger partial charge in [0, 0.05) is 49.9 Å². The second kappa shape index (κ2) is 8.69. The Bertz CT molecular complexity index is 906. The van der Waals surface area contributed by atoms with Crippen LogP contribution in [0.25, 0.3) is 0 Å². The first-order valence-corrected chi connectivity index (χ1v) is 10.8. The molecule has 2 aliphatic heterocycles. The number of nitro groups is 1. The third kappa shape index (κ3) is 4.04. The summed E-state index contributed by atoms with van der Waals surface area (Å²) >= 11 is 3.47. The van der Waals surface area contributed by atoms with Crippen LogP contribution in [0, 0.1) is 10.1 Å². The van der Waals surface area contributed by atoms with Gasteiger partial charge in [-0.3, -0.25) is 14.9 Å². The van der Waals surface area contributed by atoms with E-state index in [-0.39, 0.29) is 11.6 Å². The number of aromatic nitrogens is 1. The largest absolute Gasteiger partial charge is 0.381 e. The van der Waals surface area contributed by atoms with Gasteiger partial charge in [-0.2, -0.15) is 0 Å². The molecule has 2 saturated heterocycles. The van der Waals surface area contributed by atoms with E-state index >= 15 is 0 Å². The molecule has 30 heavy (non-hydrogen) atoms. The number of ether oxygens (including phenoxy) is 1. The molecule has 0 unspecified atom stereocenters. The lowest BCUT2D eigenvalue weighted by molar-refractivity contribution is -0.385. The van der Waals surface area contributed by atoms with Crippen LogP contribution < -0.4 is 4.90 Å². The monoisotopic (exact) mass is 474 g/mol. The van der Waals surface area contributed by atoms with Crippen molar-refractivity contribution in [2.75, 3.05) is 44.3 Å². The molecule has 2 fully saturated rings. The van der Waals surface area contributed by atoms with E-state index < -0.39 is 10.3 Å². The maximum Gasteiger partial charge on any atom is 0.287 e. The van der Waals surface area contributed by atoms with Gasteiger partial charge in [-0.1, -0.05) is 28.1 Å². The minimum Gasteiger partial charge on any atom is -0.381 e. The molecular weight excluding hydrogens is 452 g/mol. The van der Waals surface area contributed by atoms with Crippen LogP contribution in [0.4, 0.5) is 11.5 Å². The quantitative estimate of drug-likeness (QED) is 0.499. The SMILES string of the molecule is O=C(N1CCN(c2ccc([N+](=O)[O-])cn2)CC1)C1(c2ccc(Br)cc2)CCOCC1. The van der Waals surface area contributed by atoms with Crippen molar-refractivity contribution >= 4 is 33.3 Å². The minimum atomic E-state index is -0.549. The number of nitrogens with zero attached hydrogens (tertiary/aromatic N) is 4. The first-order chi connectivity index (χ1) is 14.5. The summed E-state index contributed by atoms with van der Waals surface area (Å²) in [6.45, 7) is 3.63. The summed E-state index contributed by atoms with van der Waals surface area (Å²) in [6.07, 6.45) is 2.63. The number of carbonyl (C=O) groups excluding carboxylic acids is 1. The number of amides is 1. The van der Waals surface area contributed by atoms with E-state index in [4.69, 9.17) is 4.74 Å². The van der Waals surface area contributed by atoms with Gasteiger partial charge in [0.1, 0.15) is 12.0 Å². The molecule has 0 radical (unpaired) electrons. The van der Waals surface area contributed by atoms with Crippen molar-refractivity contribution in [1.82, 2.24) is 9.88 Å². The fourth-order valence-electron chi connectivity index (χ4n) is 4.23. The van der Waals surface area contributed by atoms with Gasteiger partial charge in [0.25, 0.3) is 5.69 Å². The van der Waals surface area contributed by atoms with Crippen molar-refractivity contribution in [2.45, 2.75) is 18.3 Å². The second-order valence-corrected chi connectivity index (χ2v) is 8.53. The van der Waals surface area contributed by atoms with Crippen molar-refractivity contribution in [3.8, 4) is 0 Å². The minimum absolute atomic E-state index is 0.0245. The number of piperazine rings is 1. The molecule has 8 nitrogen and oxygen atoms in total. The van der Waals surface area contributed by atoms with Crippen LogP contribution in [0.5, 0.6) is 0 Å². The number of hydrogen-bond acceptors (Lipinski definition) is 6. The first kappa shape index (κ1) is 20.7. The number of carbonyl (C=O) groups is 1. The maximum atomic E-state index is 13.7. The van der Waals surface area contributed by atoms with Crippen LogP contribution >= 0.6 is 15.9 Å². The third-order valence-electron chi connectivity index (χ3n) is 5.99. The van der Waals surface area contributed by atoms with E-state index in [0.717, 1.165) is 10.0 Å². The van der Waals surface area contributed by atoms with Crippen LogP contribution in [0.3, 0.4) is 0 Å². The predicted octanol–water partition coefficient (Wildman–Crippen LogP) is 3.15. The highest BCUT2D eigenvalue weighted by atomic mass is 79.9. The van der Waals surface area contributed by atoms with Crippen molar-refractivity contribution in [3.05, 3.63) is 62.7 Å². The molecule has 0 saturated carbocycles. The van der Waals surface area contributed by atoms with Crippen molar-refractivity contribution in [2.24, 2.45) is 0 Å². The summed E-state index contributed by atoms with van der Waals surface area (Å²) in [5, 5.41) is 10.8. The normalized spacial score (nSPS) is 18.8. The highest BCUT2D eigenvalue weighted by molar-refractivity contribution is 9.10. The average Bonchev–Trinajstić information content (AvgIpc) is 2.79. The number of pyridine rings is 1. The molecule has 1 amide bonds. The molecule has 9 heteroatoms. The molecule has 158 valence electrons. The van der Waals surface area contributed by atoms with Crippen LogP contribution in [0.2, 0.25) is 0 Å². The Morgan fingerprint density at radius 3 is 2.30 bits per heavy atom. The molecule has 2 aromatic rings. The van der Waals surface area contributed by atoms with Crippen LogP contribution in [-0.4, -0.2) is 60.1 Å². The van der Waals surface area contributed by atoms with Gasteiger partial charge < -0.3 is 14.5 Å². The highest BCUT2D eigenvalue weighted by Gasteiger charge is 2.44. The predicted molar refractivity (Wildman–Crippen MR) is 116 cm³/mol. The molecule has 0 spiro atoms. The number of benzene rings is 1. The highest BCUT2D eigenvalue weighted by Crippen LogP contribution is 2.37. The second-order valence-electron chi connectivity index (χ2n) is 7.61. The fourth-order valence-corrected chi connectivity index (χ4v) is 4.49. The molecule has 0 aliphatic carbocycles. The zero-order chi connectivity index (χ0) is 21.1. The summed E-state index contributed by atoms with van der Waals surface area (Å²) in [5.41, 5.74) is 0.467. The average molecular weight is 475 g/mol. The number of rotatable bonds is 4. The van der Waals surface area contributed by atoms with Gasteiger partial charge in [0.15, 0.2) is 0 Å². The molecule has 3 heterocycles. The fraction of sp³-hybridized carbons (Fsp3) is 0.429. The smallest absolute Gasteiger partial charge is 0.287 e. The van der Waals surface area contributed by atoms with Gasteiger partial charge in [0.05, 0.1) is 10.3 Å². The van der Waals surface area contributed by atoms with E-state index in [1.54, 1.807) is 6.07 Å². The zero-order valence-electron chi connectivity index (χ0n) is 16.5. The lowest BCUT2D eigenvalue weighted by Gasteiger charge is -2.43. The van der Waals surface area contributed by atoms with E-state index in [1.807, 2.05) is 29.2 Å². The Morgan fingerprint density at radius 1 is 1.07 bits per heavy atom. The summed E-state index contributed by atoms with van der Waals surface area (Å²) in [6, 6.07) is 11.2. The zero-order valence-corrected chi connectivity index (χ0v) is 18.1. The molecule has 2 aliphatic rings. The summed E-state index contributed by atoms with van der Waals surface area (Å²) in [7, 11) is 0. The van der Waals surface area contributed by atoms with Crippen LogP contribution in [0.1, 0.15) is 18.4 Å². The van der Waals surface area contributed by atoms with E-state index in [0.29, 0.717) is 58.1 Å². The third-order valence-corrected chi connectivity index (χ3v) is 6.52. The van der Waals surface area contributed by atoms with Crippen molar-refractivity contribution in [3.63, 3.8) is 0 Å². The molecular formula is C21H23BrN4O4. The molecule has 0 atom stereocenters. The lowest BCUT2D eigenvalue weighted by Crippen LogP contribution is -2.56. The van der Waals surface area contributed by atoms with Crippen LogP contribution in [0.15, 0.2) is 47.1 Å². The molecule has 0 bridgehead atoms. The Labute approximate surface area is 183 Å². The Morgan fingerprint density at radius 2 is 1.73 bits per heavy atom. The van der Waals surface area contributed by atoms with Gasteiger partial charge in [-0.15, -0.1) is 0 Å². The van der Waals surface area contributed by atoms with Gasteiger partial charge in [0.2, 0.25) is 5.91 Å². The molecule has 1 aromatic heterocycles. The Hall–Kier alpha value is -2.52. The van der Waals surface area contributed by atoms with Gasteiger partial charge in [-0.05, 0) is 36.6 Å². The van der Waals surface area contributed by atoms with Crippen molar-refractivity contribution in [1.29, 1.82) is 0 Å².